The van der Waals surface area contributed by atoms with Gasteiger partial charge in [-0.1, -0.05) is 30.3 Å². The summed E-state index contributed by atoms with van der Waals surface area (Å²) in [5.41, 5.74) is 0.108. The minimum atomic E-state index is -4.58. The number of hydrogen-bond acceptors (Lipinski definition) is 3. The van der Waals surface area contributed by atoms with Crippen molar-refractivity contribution in [2.75, 3.05) is 6.26 Å². The first-order valence-corrected chi connectivity index (χ1v) is 9.08. The molecule has 0 aliphatic carbocycles. The predicted octanol–water partition coefficient (Wildman–Crippen LogP) is 3.96. The summed E-state index contributed by atoms with van der Waals surface area (Å²) in [6.07, 6.45) is -3.51. The van der Waals surface area contributed by atoms with E-state index in [4.69, 9.17) is 0 Å². The zero-order valence-corrected chi connectivity index (χ0v) is 13.8. The molecule has 4 nitrogen and oxygen atoms in total. The van der Waals surface area contributed by atoms with Gasteiger partial charge < -0.3 is 0 Å². The standard InChI is InChI=1S/C17H13F3N2O2S/c1-25(23,24)14-9-7-12(8-10-14)15-11-16(17(18,19)20)21-22(15)13-5-3-2-4-6-13/h2-11H,1H3. The number of hydrogen-bond donors (Lipinski definition) is 0. The smallest absolute Gasteiger partial charge is 0.233 e. The lowest BCUT2D eigenvalue weighted by Crippen LogP contribution is -2.07. The van der Waals surface area contributed by atoms with Gasteiger partial charge in [0.05, 0.1) is 16.3 Å². The number of sulfone groups is 1. The molecule has 0 spiro atoms. The molecule has 3 rings (SSSR count). The van der Waals surface area contributed by atoms with Gasteiger partial charge in [0.2, 0.25) is 0 Å². The molecule has 2 aromatic carbocycles. The zero-order chi connectivity index (χ0) is 18.2. The van der Waals surface area contributed by atoms with E-state index in [1.807, 2.05) is 0 Å². The number of benzene rings is 2. The van der Waals surface area contributed by atoms with Crippen LogP contribution >= 0.6 is 0 Å². The highest BCUT2D eigenvalue weighted by molar-refractivity contribution is 7.90. The van der Waals surface area contributed by atoms with E-state index in [9.17, 15) is 21.6 Å². The molecule has 0 unspecified atom stereocenters. The molecule has 0 saturated carbocycles. The van der Waals surface area contributed by atoms with Gasteiger partial charge in [-0.15, -0.1) is 0 Å². The lowest BCUT2D eigenvalue weighted by molar-refractivity contribution is -0.141. The van der Waals surface area contributed by atoms with Gasteiger partial charge in [0.1, 0.15) is 0 Å². The fourth-order valence-electron chi connectivity index (χ4n) is 2.36. The van der Waals surface area contributed by atoms with Crippen molar-refractivity contribution in [1.29, 1.82) is 0 Å². The van der Waals surface area contributed by atoms with Crippen LogP contribution in [0, 0.1) is 0 Å². The molecule has 8 heteroatoms. The topological polar surface area (TPSA) is 52.0 Å². The summed E-state index contributed by atoms with van der Waals surface area (Å²) < 4.78 is 63.5. The number of rotatable bonds is 3. The van der Waals surface area contributed by atoms with Gasteiger partial charge in [-0.05, 0) is 30.3 Å². The SMILES string of the molecule is CS(=O)(=O)c1ccc(-c2cc(C(F)(F)F)nn2-c2ccccc2)cc1. The second-order valence-corrected chi connectivity index (χ2v) is 7.47. The lowest BCUT2D eigenvalue weighted by Gasteiger charge is -2.08. The number of para-hydroxylation sites is 1. The molecule has 0 N–H and O–H groups in total. The van der Waals surface area contributed by atoms with Crippen LogP contribution in [0.1, 0.15) is 5.69 Å². The molecule has 0 aliphatic heterocycles. The largest absolute Gasteiger partial charge is 0.435 e. The minimum absolute atomic E-state index is 0.0954. The van der Waals surface area contributed by atoms with Crippen LogP contribution in [0.3, 0.4) is 0 Å². The van der Waals surface area contributed by atoms with Gasteiger partial charge >= 0.3 is 6.18 Å². The van der Waals surface area contributed by atoms with Crippen LogP contribution in [0.5, 0.6) is 0 Å². The summed E-state index contributed by atoms with van der Waals surface area (Å²) in [5, 5.41) is 3.67. The zero-order valence-electron chi connectivity index (χ0n) is 13.0. The van der Waals surface area contributed by atoms with Crippen LogP contribution in [0.4, 0.5) is 13.2 Å². The highest BCUT2D eigenvalue weighted by atomic mass is 32.2. The van der Waals surface area contributed by atoms with Gasteiger partial charge in [-0.2, -0.15) is 18.3 Å². The summed E-state index contributed by atoms with van der Waals surface area (Å²) in [6, 6.07) is 15.0. The molecule has 0 atom stereocenters. The third kappa shape index (κ3) is 3.58. The Morgan fingerprint density at radius 3 is 2.08 bits per heavy atom. The molecule has 0 aliphatic rings. The predicted molar refractivity (Wildman–Crippen MR) is 87.1 cm³/mol. The molecule has 0 amide bonds. The maximum absolute atomic E-state index is 13.1. The van der Waals surface area contributed by atoms with E-state index >= 15 is 0 Å². The summed E-state index contributed by atoms with van der Waals surface area (Å²) in [7, 11) is -3.38. The third-order valence-electron chi connectivity index (χ3n) is 3.58. The van der Waals surface area contributed by atoms with Crippen molar-refractivity contribution in [3.05, 3.63) is 66.4 Å². The lowest BCUT2D eigenvalue weighted by atomic mass is 10.1. The summed E-state index contributed by atoms with van der Waals surface area (Å²) in [6.45, 7) is 0. The van der Waals surface area contributed by atoms with E-state index in [1.165, 1.54) is 28.9 Å². The van der Waals surface area contributed by atoms with Crippen LogP contribution in [0.25, 0.3) is 16.9 Å². The summed E-state index contributed by atoms with van der Waals surface area (Å²) >= 11 is 0. The second-order valence-electron chi connectivity index (χ2n) is 5.46. The van der Waals surface area contributed by atoms with Gasteiger partial charge in [0, 0.05) is 11.8 Å². The van der Waals surface area contributed by atoms with Crippen molar-refractivity contribution in [2.45, 2.75) is 11.1 Å². The first kappa shape index (κ1) is 17.2. The first-order chi connectivity index (χ1) is 11.7. The molecule has 0 bridgehead atoms. The maximum atomic E-state index is 13.1. The minimum Gasteiger partial charge on any atom is -0.233 e. The third-order valence-corrected chi connectivity index (χ3v) is 4.71. The van der Waals surface area contributed by atoms with E-state index in [0.717, 1.165) is 12.3 Å². The molecule has 3 aromatic rings. The maximum Gasteiger partial charge on any atom is 0.435 e. The summed E-state index contributed by atoms with van der Waals surface area (Å²) in [5.74, 6) is 0. The Morgan fingerprint density at radius 2 is 1.56 bits per heavy atom. The Bertz CT molecular complexity index is 993. The highest BCUT2D eigenvalue weighted by Crippen LogP contribution is 2.33. The number of alkyl halides is 3. The summed E-state index contributed by atoms with van der Waals surface area (Å²) in [4.78, 5) is 0.0954. The monoisotopic (exact) mass is 366 g/mol. The van der Waals surface area contributed by atoms with Crippen molar-refractivity contribution in [2.24, 2.45) is 0 Å². The quantitative estimate of drug-likeness (QED) is 0.705. The Balaban J connectivity index is 2.16. The van der Waals surface area contributed by atoms with Gasteiger partial charge in [0.25, 0.3) is 0 Å². The molecule has 1 aromatic heterocycles. The number of nitrogens with zero attached hydrogens (tertiary/aromatic N) is 2. The average molecular weight is 366 g/mol. The van der Waals surface area contributed by atoms with Crippen LogP contribution < -0.4 is 0 Å². The molecule has 130 valence electrons. The Hall–Kier alpha value is -2.61. The van der Waals surface area contributed by atoms with Crippen LogP contribution in [0.15, 0.2) is 65.6 Å². The fraction of sp³-hybridized carbons (Fsp3) is 0.118. The van der Waals surface area contributed by atoms with E-state index in [1.54, 1.807) is 30.3 Å². The molecule has 0 radical (unpaired) electrons. The van der Waals surface area contributed by atoms with E-state index in [2.05, 4.69) is 5.10 Å². The second kappa shape index (κ2) is 6.03. The average Bonchev–Trinajstić information content (AvgIpc) is 3.00. The van der Waals surface area contributed by atoms with Crippen molar-refractivity contribution in [3.63, 3.8) is 0 Å². The van der Waals surface area contributed by atoms with Gasteiger partial charge in [0.15, 0.2) is 15.5 Å². The molecular formula is C17H13F3N2O2S. The molecular weight excluding hydrogens is 353 g/mol. The Kier molecular flexibility index (Phi) is 4.16. The van der Waals surface area contributed by atoms with Crippen LogP contribution in [-0.2, 0) is 16.0 Å². The molecule has 1 heterocycles. The van der Waals surface area contributed by atoms with Crippen molar-refractivity contribution in [3.8, 4) is 16.9 Å². The van der Waals surface area contributed by atoms with Crippen molar-refractivity contribution >= 4 is 9.84 Å². The molecule has 0 fully saturated rings. The van der Waals surface area contributed by atoms with Gasteiger partial charge in [-0.25, -0.2) is 13.1 Å². The normalized spacial score (nSPS) is 12.3. The first-order valence-electron chi connectivity index (χ1n) is 7.19. The number of halogens is 3. The van der Waals surface area contributed by atoms with Crippen molar-refractivity contribution in [1.82, 2.24) is 9.78 Å². The van der Waals surface area contributed by atoms with Gasteiger partial charge in [-0.3, -0.25) is 0 Å². The van der Waals surface area contributed by atoms with E-state index < -0.39 is 21.7 Å². The van der Waals surface area contributed by atoms with E-state index in [-0.39, 0.29) is 10.6 Å². The fourth-order valence-corrected chi connectivity index (χ4v) is 2.99. The Labute approximate surface area is 142 Å². The van der Waals surface area contributed by atoms with Crippen LogP contribution in [0.2, 0.25) is 0 Å². The van der Waals surface area contributed by atoms with Crippen molar-refractivity contribution < 1.29 is 21.6 Å². The van der Waals surface area contributed by atoms with E-state index in [0.29, 0.717) is 11.3 Å². The molecule has 25 heavy (non-hydrogen) atoms. The number of aromatic nitrogens is 2. The molecule has 0 saturated heterocycles. The van der Waals surface area contributed by atoms with Crippen LogP contribution in [-0.4, -0.2) is 24.5 Å². The highest BCUT2D eigenvalue weighted by Gasteiger charge is 2.35. The Morgan fingerprint density at radius 1 is 0.960 bits per heavy atom.